The Kier molecular flexibility index (Phi) is 5.84. The van der Waals surface area contributed by atoms with Gasteiger partial charge in [-0.25, -0.2) is 0 Å². The summed E-state index contributed by atoms with van der Waals surface area (Å²) in [6, 6.07) is 13.4. The Labute approximate surface area is 168 Å². The molecule has 1 aromatic heterocycles. The summed E-state index contributed by atoms with van der Waals surface area (Å²) in [4.78, 5) is 17.7. The van der Waals surface area contributed by atoms with Crippen LogP contribution in [0.4, 0.5) is 0 Å². The van der Waals surface area contributed by atoms with Crippen molar-refractivity contribution >= 4 is 39.1 Å². The summed E-state index contributed by atoms with van der Waals surface area (Å²) in [5.74, 6) is -0.260. The normalized spacial score (nSPS) is 12.7. The van der Waals surface area contributed by atoms with E-state index in [4.69, 9.17) is 16.3 Å². The summed E-state index contributed by atoms with van der Waals surface area (Å²) in [5.41, 5.74) is 2.69. The summed E-state index contributed by atoms with van der Waals surface area (Å²) in [6.45, 7) is 7.53. The lowest BCUT2D eigenvalue weighted by Crippen LogP contribution is -2.19. The van der Waals surface area contributed by atoms with Crippen molar-refractivity contribution in [3.8, 4) is 0 Å². The van der Waals surface area contributed by atoms with E-state index in [2.05, 4.69) is 25.8 Å². The highest BCUT2D eigenvalue weighted by Crippen LogP contribution is 2.25. The Bertz CT molecular complexity index is 1030. The number of carbonyl (C=O) groups excluding carboxylic acids is 1. The zero-order valence-corrected chi connectivity index (χ0v) is 17.5. The van der Waals surface area contributed by atoms with Gasteiger partial charge < -0.3 is 9.30 Å². The van der Waals surface area contributed by atoms with E-state index in [0.29, 0.717) is 28.5 Å². The van der Waals surface area contributed by atoms with Crippen molar-refractivity contribution in [2.24, 2.45) is 4.99 Å². The molecular weight excluding hydrogens is 380 g/mol. The average molecular weight is 403 g/mol. The number of amides is 1. The van der Waals surface area contributed by atoms with Gasteiger partial charge in [0, 0.05) is 19.2 Å². The molecule has 0 spiro atoms. The van der Waals surface area contributed by atoms with Crippen LogP contribution in [0, 0.1) is 0 Å². The molecule has 4 nitrogen and oxygen atoms in total. The quantitative estimate of drug-likeness (QED) is 0.613. The number of hydrogen-bond donors (Lipinski definition) is 0. The van der Waals surface area contributed by atoms with Gasteiger partial charge in [0.1, 0.15) is 0 Å². The first-order valence-corrected chi connectivity index (χ1v) is 9.97. The monoisotopic (exact) mass is 402 g/mol. The first-order valence-electron chi connectivity index (χ1n) is 8.77. The number of nitrogens with zero attached hydrogens (tertiary/aromatic N) is 2. The lowest BCUT2D eigenvalue weighted by atomic mass is 9.87. The van der Waals surface area contributed by atoms with Crippen molar-refractivity contribution in [3.05, 3.63) is 63.4 Å². The first-order chi connectivity index (χ1) is 12.8. The molecule has 0 N–H and O–H groups in total. The number of hydrogen-bond acceptors (Lipinski definition) is 3. The standard InChI is InChI=1S/C21H23ClN2O2S/c1-21(2,3)15-10-8-14(9-11-15)19(25)23-20-24(12-13-26-4)18-16(22)6-5-7-17(18)27-20/h5-11H,12-13H2,1-4H3. The molecule has 0 aliphatic carbocycles. The molecule has 0 saturated heterocycles. The fourth-order valence-electron chi connectivity index (χ4n) is 2.83. The summed E-state index contributed by atoms with van der Waals surface area (Å²) < 4.78 is 8.15. The van der Waals surface area contributed by atoms with Crippen LogP contribution < -0.4 is 4.80 Å². The molecule has 0 atom stereocenters. The highest BCUT2D eigenvalue weighted by Gasteiger charge is 2.15. The van der Waals surface area contributed by atoms with E-state index in [1.165, 1.54) is 16.9 Å². The van der Waals surface area contributed by atoms with Gasteiger partial charge in [-0.1, -0.05) is 61.9 Å². The number of carbonyl (C=O) groups is 1. The molecule has 142 valence electrons. The van der Waals surface area contributed by atoms with Crippen LogP contribution in [0.1, 0.15) is 36.7 Å². The molecule has 0 radical (unpaired) electrons. The second-order valence-electron chi connectivity index (χ2n) is 7.36. The molecule has 1 heterocycles. The van der Waals surface area contributed by atoms with Gasteiger partial charge in [0.2, 0.25) is 0 Å². The van der Waals surface area contributed by atoms with Gasteiger partial charge in [0.25, 0.3) is 5.91 Å². The van der Waals surface area contributed by atoms with E-state index in [-0.39, 0.29) is 11.3 Å². The van der Waals surface area contributed by atoms with E-state index in [1.54, 1.807) is 7.11 Å². The Morgan fingerprint density at radius 1 is 1.19 bits per heavy atom. The minimum absolute atomic E-state index is 0.0458. The summed E-state index contributed by atoms with van der Waals surface area (Å²) in [5, 5.41) is 0.642. The van der Waals surface area contributed by atoms with E-state index >= 15 is 0 Å². The third-order valence-corrected chi connectivity index (χ3v) is 5.71. The lowest BCUT2D eigenvalue weighted by molar-refractivity contribution is 0.0997. The van der Waals surface area contributed by atoms with Crippen molar-refractivity contribution < 1.29 is 9.53 Å². The number of ether oxygens (including phenoxy) is 1. The van der Waals surface area contributed by atoms with Crippen LogP contribution in [-0.4, -0.2) is 24.2 Å². The van der Waals surface area contributed by atoms with Crippen LogP contribution in [0.3, 0.4) is 0 Å². The third-order valence-electron chi connectivity index (χ3n) is 4.37. The molecule has 0 aliphatic heterocycles. The summed E-state index contributed by atoms with van der Waals surface area (Å²) in [6.07, 6.45) is 0. The van der Waals surface area contributed by atoms with Crippen molar-refractivity contribution in [1.82, 2.24) is 4.57 Å². The topological polar surface area (TPSA) is 43.6 Å². The van der Waals surface area contributed by atoms with Crippen LogP contribution >= 0.6 is 22.9 Å². The zero-order chi connectivity index (χ0) is 19.6. The highest BCUT2D eigenvalue weighted by atomic mass is 35.5. The van der Waals surface area contributed by atoms with Gasteiger partial charge in [-0.2, -0.15) is 4.99 Å². The highest BCUT2D eigenvalue weighted by molar-refractivity contribution is 7.16. The maximum atomic E-state index is 12.7. The van der Waals surface area contributed by atoms with Gasteiger partial charge in [-0.05, 0) is 35.2 Å². The van der Waals surface area contributed by atoms with Crippen LogP contribution in [-0.2, 0) is 16.7 Å². The minimum Gasteiger partial charge on any atom is -0.383 e. The molecular formula is C21H23ClN2O2S. The predicted octanol–water partition coefficient (Wildman–Crippen LogP) is 5.04. The number of rotatable bonds is 4. The number of benzene rings is 2. The molecule has 0 fully saturated rings. The van der Waals surface area contributed by atoms with Gasteiger partial charge >= 0.3 is 0 Å². The lowest BCUT2D eigenvalue weighted by Gasteiger charge is -2.18. The number of fused-ring (bicyclic) bond motifs is 1. The summed E-state index contributed by atoms with van der Waals surface area (Å²) >= 11 is 7.84. The number of methoxy groups -OCH3 is 1. The number of para-hydroxylation sites is 1. The van der Waals surface area contributed by atoms with E-state index in [9.17, 15) is 4.79 Å². The molecule has 0 bridgehead atoms. The van der Waals surface area contributed by atoms with E-state index in [1.807, 2.05) is 47.0 Å². The van der Waals surface area contributed by atoms with Crippen LogP contribution in [0.25, 0.3) is 10.2 Å². The fourth-order valence-corrected chi connectivity index (χ4v) is 4.24. The van der Waals surface area contributed by atoms with Crippen molar-refractivity contribution in [2.75, 3.05) is 13.7 Å². The number of aromatic nitrogens is 1. The molecule has 1 amide bonds. The van der Waals surface area contributed by atoms with Crippen molar-refractivity contribution in [1.29, 1.82) is 0 Å². The first kappa shape index (κ1) is 19.8. The predicted molar refractivity (Wildman–Crippen MR) is 112 cm³/mol. The second-order valence-corrected chi connectivity index (χ2v) is 8.78. The van der Waals surface area contributed by atoms with Gasteiger partial charge in [-0.15, -0.1) is 0 Å². The maximum absolute atomic E-state index is 12.7. The molecule has 3 aromatic rings. The molecule has 27 heavy (non-hydrogen) atoms. The SMILES string of the molecule is COCCn1c(=NC(=O)c2ccc(C(C)(C)C)cc2)sc2cccc(Cl)c21. The molecule has 3 rings (SSSR count). The van der Waals surface area contributed by atoms with Crippen molar-refractivity contribution in [2.45, 2.75) is 32.7 Å². The molecule has 2 aromatic carbocycles. The largest absolute Gasteiger partial charge is 0.383 e. The number of thiazole rings is 1. The van der Waals surface area contributed by atoms with Gasteiger partial charge in [-0.3, -0.25) is 4.79 Å². The Hall–Kier alpha value is -1.95. The zero-order valence-electron chi connectivity index (χ0n) is 16.0. The van der Waals surface area contributed by atoms with E-state index in [0.717, 1.165) is 10.2 Å². The molecule has 0 unspecified atom stereocenters. The third kappa shape index (κ3) is 4.32. The fraction of sp³-hybridized carbons (Fsp3) is 0.333. The minimum atomic E-state index is -0.260. The van der Waals surface area contributed by atoms with Crippen LogP contribution in [0.2, 0.25) is 5.02 Å². The number of halogens is 1. The van der Waals surface area contributed by atoms with Crippen molar-refractivity contribution in [3.63, 3.8) is 0 Å². The van der Waals surface area contributed by atoms with Crippen LogP contribution in [0.15, 0.2) is 47.5 Å². The Morgan fingerprint density at radius 2 is 1.89 bits per heavy atom. The molecule has 0 aliphatic rings. The molecule has 0 saturated carbocycles. The van der Waals surface area contributed by atoms with Crippen LogP contribution in [0.5, 0.6) is 0 Å². The Morgan fingerprint density at radius 3 is 2.52 bits per heavy atom. The molecule has 6 heteroatoms. The smallest absolute Gasteiger partial charge is 0.279 e. The van der Waals surface area contributed by atoms with Gasteiger partial charge in [0.05, 0.1) is 21.8 Å². The Balaban J connectivity index is 2.04. The van der Waals surface area contributed by atoms with E-state index < -0.39 is 0 Å². The second kappa shape index (κ2) is 7.97. The average Bonchev–Trinajstić information content (AvgIpc) is 2.97. The maximum Gasteiger partial charge on any atom is 0.279 e. The van der Waals surface area contributed by atoms with Gasteiger partial charge in [0.15, 0.2) is 4.80 Å². The summed E-state index contributed by atoms with van der Waals surface area (Å²) in [7, 11) is 1.65.